The molecule has 0 saturated carbocycles. The molecule has 2 heteroatoms. The predicted molar refractivity (Wildman–Crippen MR) is 109 cm³/mol. The molecule has 0 aliphatic heterocycles. The number of ether oxygens (including phenoxy) is 1. The van der Waals surface area contributed by atoms with E-state index in [1.807, 2.05) is 6.26 Å². The average molecular weight is 431 g/mol. The van der Waals surface area contributed by atoms with Crippen LogP contribution in [-0.4, -0.2) is 25.0 Å². The Morgan fingerprint density at radius 3 is 1.57 bits per heavy atom. The fourth-order valence-corrected chi connectivity index (χ4v) is 24.6. The molecule has 0 aromatic carbocycles. The third-order valence-electron chi connectivity index (χ3n) is 5.21. The van der Waals surface area contributed by atoms with Crippen molar-refractivity contribution in [3.8, 4) is 0 Å². The van der Waals surface area contributed by atoms with Crippen molar-refractivity contribution in [1.82, 2.24) is 0 Å². The van der Waals surface area contributed by atoms with Crippen LogP contribution in [0, 0.1) is 5.41 Å². The first-order valence-electron chi connectivity index (χ1n) is 10.2. The minimum absolute atomic E-state index is 0.374. The van der Waals surface area contributed by atoms with Gasteiger partial charge in [-0.3, -0.25) is 0 Å². The van der Waals surface area contributed by atoms with Gasteiger partial charge in [-0.2, -0.15) is 0 Å². The Kier molecular flexibility index (Phi) is 12.9. The van der Waals surface area contributed by atoms with Gasteiger partial charge < -0.3 is 0 Å². The Morgan fingerprint density at radius 1 is 0.826 bits per heavy atom. The zero-order chi connectivity index (χ0) is 17.8. The van der Waals surface area contributed by atoms with Crippen LogP contribution in [0.5, 0.6) is 0 Å². The van der Waals surface area contributed by atoms with E-state index < -0.39 is 18.4 Å². The van der Waals surface area contributed by atoms with Gasteiger partial charge in [-0.25, -0.2) is 0 Å². The number of hydrogen-bond acceptors (Lipinski definition) is 1. The van der Waals surface area contributed by atoms with Gasteiger partial charge in [0, 0.05) is 0 Å². The molecule has 0 bridgehead atoms. The zero-order valence-electron chi connectivity index (χ0n) is 17.2. The van der Waals surface area contributed by atoms with E-state index in [4.69, 9.17) is 4.74 Å². The molecular formula is C21H44OSn. The molecule has 0 saturated heterocycles. The second-order valence-corrected chi connectivity index (χ2v) is 22.1. The van der Waals surface area contributed by atoms with Crippen LogP contribution in [0.2, 0.25) is 17.2 Å². The van der Waals surface area contributed by atoms with E-state index in [0.717, 1.165) is 10.5 Å². The number of allylic oxidation sites excluding steroid dienone is 1. The van der Waals surface area contributed by atoms with Crippen molar-refractivity contribution in [3.63, 3.8) is 0 Å². The molecule has 0 fully saturated rings. The number of rotatable bonds is 13. The van der Waals surface area contributed by atoms with Crippen molar-refractivity contribution in [2.24, 2.45) is 5.41 Å². The van der Waals surface area contributed by atoms with Crippen LogP contribution in [0.15, 0.2) is 12.3 Å². The summed E-state index contributed by atoms with van der Waals surface area (Å²) in [5, 5.41) is 0. The summed E-state index contributed by atoms with van der Waals surface area (Å²) in [6.07, 6.45) is 12.9. The summed E-state index contributed by atoms with van der Waals surface area (Å²) in [5.41, 5.74) is 0.374. The van der Waals surface area contributed by atoms with Gasteiger partial charge in [0.2, 0.25) is 0 Å². The SMILES string of the molecule is CCC[CH2][Sn]([CH2]CCC)([CH2]CCC)[CH](/C=C\OCC)C(C)(C)C. The quantitative estimate of drug-likeness (QED) is 0.214. The third kappa shape index (κ3) is 8.84. The first kappa shape index (κ1) is 23.3. The van der Waals surface area contributed by atoms with Gasteiger partial charge in [0.05, 0.1) is 0 Å². The van der Waals surface area contributed by atoms with Gasteiger partial charge in [-0.15, -0.1) is 0 Å². The molecule has 23 heavy (non-hydrogen) atoms. The molecule has 138 valence electrons. The van der Waals surface area contributed by atoms with Crippen LogP contribution in [0.3, 0.4) is 0 Å². The van der Waals surface area contributed by atoms with Gasteiger partial charge in [0.15, 0.2) is 0 Å². The van der Waals surface area contributed by atoms with Gasteiger partial charge in [0.25, 0.3) is 0 Å². The van der Waals surface area contributed by atoms with Crippen molar-refractivity contribution >= 4 is 18.4 Å². The predicted octanol–water partition coefficient (Wildman–Crippen LogP) is 7.80. The van der Waals surface area contributed by atoms with Gasteiger partial charge >= 0.3 is 152 Å². The second kappa shape index (κ2) is 12.7. The van der Waals surface area contributed by atoms with Gasteiger partial charge in [0.1, 0.15) is 0 Å². The Balaban J connectivity index is 5.60. The molecule has 0 rings (SSSR count). The van der Waals surface area contributed by atoms with Crippen LogP contribution in [0.1, 0.15) is 87.0 Å². The van der Waals surface area contributed by atoms with E-state index >= 15 is 0 Å². The zero-order valence-corrected chi connectivity index (χ0v) is 20.1. The van der Waals surface area contributed by atoms with E-state index in [-0.39, 0.29) is 0 Å². The molecule has 0 heterocycles. The molecule has 0 aromatic heterocycles. The van der Waals surface area contributed by atoms with Crippen molar-refractivity contribution < 1.29 is 4.74 Å². The van der Waals surface area contributed by atoms with E-state index in [2.05, 4.69) is 54.5 Å². The molecule has 0 aromatic rings. The fraction of sp³-hybridized carbons (Fsp3) is 0.905. The first-order valence-corrected chi connectivity index (χ1v) is 17.9. The molecule has 0 aliphatic rings. The summed E-state index contributed by atoms with van der Waals surface area (Å²) in [7, 11) is 0. The second-order valence-electron chi connectivity index (χ2n) is 8.30. The summed E-state index contributed by atoms with van der Waals surface area (Å²) in [5.74, 6) is 0. The topological polar surface area (TPSA) is 9.23 Å². The maximum atomic E-state index is 5.62. The van der Waals surface area contributed by atoms with Gasteiger partial charge in [-0.05, 0) is 0 Å². The van der Waals surface area contributed by atoms with Crippen molar-refractivity contribution in [2.75, 3.05) is 6.61 Å². The van der Waals surface area contributed by atoms with Crippen LogP contribution >= 0.6 is 0 Å². The molecule has 1 unspecified atom stereocenters. The molecular weight excluding hydrogens is 387 g/mol. The molecule has 0 radical (unpaired) electrons. The van der Waals surface area contributed by atoms with E-state index in [1.165, 1.54) is 38.5 Å². The average Bonchev–Trinajstić information content (AvgIpc) is 2.50. The normalized spacial score (nSPS) is 14.4. The fourth-order valence-electron chi connectivity index (χ4n) is 4.07. The van der Waals surface area contributed by atoms with E-state index in [1.54, 1.807) is 13.3 Å². The Hall–Kier alpha value is 0.339. The summed E-state index contributed by atoms with van der Waals surface area (Å²) in [6, 6.07) is 0. The third-order valence-corrected chi connectivity index (χ3v) is 23.6. The number of unbranched alkanes of at least 4 members (excludes halogenated alkanes) is 3. The summed E-state index contributed by atoms with van der Waals surface area (Å²) < 4.78 is 11.1. The van der Waals surface area contributed by atoms with E-state index in [9.17, 15) is 0 Å². The molecule has 0 amide bonds. The van der Waals surface area contributed by atoms with Crippen LogP contribution in [-0.2, 0) is 4.74 Å². The van der Waals surface area contributed by atoms with Crippen LogP contribution < -0.4 is 0 Å². The monoisotopic (exact) mass is 432 g/mol. The van der Waals surface area contributed by atoms with Crippen LogP contribution in [0.4, 0.5) is 0 Å². The molecule has 1 nitrogen and oxygen atoms in total. The standard InChI is InChI=1S/C9H17O.3C4H9.Sn/c1-5-10-8-6-7-9(2,3)4;3*1-3-4-2;/h6-8H,5H2,1-4H3;3*1,3-4H2,2H3;/b8-6-;;;;. The maximum absolute atomic E-state index is 5.62. The number of hydrogen-bond donors (Lipinski definition) is 0. The molecule has 0 N–H and O–H groups in total. The van der Waals surface area contributed by atoms with E-state index in [0.29, 0.717) is 5.41 Å². The minimum atomic E-state index is -2.25. The Labute approximate surface area is 151 Å². The molecule has 1 atom stereocenters. The summed E-state index contributed by atoms with van der Waals surface area (Å²) >= 11 is -2.25. The Morgan fingerprint density at radius 2 is 1.26 bits per heavy atom. The van der Waals surface area contributed by atoms with Crippen molar-refractivity contribution in [3.05, 3.63) is 12.3 Å². The van der Waals surface area contributed by atoms with Crippen LogP contribution in [0.25, 0.3) is 0 Å². The van der Waals surface area contributed by atoms with Crippen molar-refractivity contribution in [1.29, 1.82) is 0 Å². The van der Waals surface area contributed by atoms with Gasteiger partial charge in [-0.1, -0.05) is 0 Å². The molecule has 0 spiro atoms. The van der Waals surface area contributed by atoms with Crippen molar-refractivity contribution in [2.45, 2.75) is 104 Å². The molecule has 0 aliphatic carbocycles. The Bertz CT molecular complexity index is 282. The summed E-state index contributed by atoms with van der Waals surface area (Å²) in [6.45, 7) is 17.3. The first-order chi connectivity index (χ1) is 10.9. The summed E-state index contributed by atoms with van der Waals surface area (Å²) in [4.78, 5) is 0.